The number of imidazole rings is 1. The predicted octanol–water partition coefficient (Wildman–Crippen LogP) is 1.49. The van der Waals surface area contributed by atoms with Gasteiger partial charge in [-0.25, -0.2) is 14.6 Å². The van der Waals surface area contributed by atoms with E-state index in [0.717, 1.165) is 5.69 Å². The fourth-order valence-corrected chi connectivity index (χ4v) is 2.28. The van der Waals surface area contributed by atoms with Crippen molar-refractivity contribution in [2.75, 3.05) is 0 Å². The quantitative estimate of drug-likeness (QED) is 0.701. The lowest BCUT2D eigenvalue weighted by atomic mass is 10.1. The Morgan fingerprint density at radius 3 is 2.37 bits per heavy atom. The van der Waals surface area contributed by atoms with Crippen LogP contribution in [0.25, 0.3) is 5.69 Å². The summed E-state index contributed by atoms with van der Waals surface area (Å²) in [7, 11) is 0. The van der Waals surface area contributed by atoms with Gasteiger partial charge in [-0.05, 0) is 38.5 Å². The van der Waals surface area contributed by atoms with Crippen LogP contribution in [0.1, 0.15) is 36.8 Å². The van der Waals surface area contributed by atoms with Crippen LogP contribution in [0.2, 0.25) is 0 Å². The Labute approximate surface area is 156 Å². The SMILES string of the molecule is CC(C)(C)OC(=O)NC(Cc1ccc(-n2cnc(C(N)=O)c2)cc1)C(=O)O. The van der Waals surface area contributed by atoms with Gasteiger partial charge in [-0.2, -0.15) is 0 Å². The molecule has 144 valence electrons. The Kier molecular flexibility index (Phi) is 5.84. The molecule has 0 aliphatic heterocycles. The molecule has 2 rings (SSSR count). The zero-order chi connectivity index (χ0) is 20.2. The Bertz CT molecular complexity index is 836. The zero-order valence-electron chi connectivity index (χ0n) is 15.3. The Morgan fingerprint density at radius 2 is 1.89 bits per heavy atom. The number of carbonyl (C=O) groups is 3. The van der Waals surface area contributed by atoms with Gasteiger partial charge in [-0.1, -0.05) is 12.1 Å². The molecule has 27 heavy (non-hydrogen) atoms. The van der Waals surface area contributed by atoms with Gasteiger partial charge in [0.2, 0.25) is 0 Å². The third-order valence-corrected chi connectivity index (χ3v) is 3.50. The highest BCUT2D eigenvalue weighted by molar-refractivity contribution is 5.90. The van der Waals surface area contributed by atoms with Crippen LogP contribution < -0.4 is 11.1 Å². The number of carbonyl (C=O) groups excluding carboxylic acids is 2. The molecule has 0 aliphatic rings. The van der Waals surface area contributed by atoms with Crippen LogP contribution in [-0.4, -0.2) is 44.3 Å². The van der Waals surface area contributed by atoms with Crippen molar-refractivity contribution in [2.45, 2.75) is 38.8 Å². The average Bonchev–Trinajstić information content (AvgIpc) is 3.03. The highest BCUT2D eigenvalue weighted by Gasteiger charge is 2.24. The number of hydrogen-bond donors (Lipinski definition) is 3. The summed E-state index contributed by atoms with van der Waals surface area (Å²) < 4.78 is 6.72. The van der Waals surface area contributed by atoms with E-state index in [1.54, 1.807) is 49.6 Å². The van der Waals surface area contributed by atoms with Crippen LogP contribution >= 0.6 is 0 Å². The minimum absolute atomic E-state index is 0.0886. The molecule has 9 nitrogen and oxygen atoms in total. The molecule has 1 aromatic heterocycles. The molecule has 0 spiro atoms. The first-order valence-electron chi connectivity index (χ1n) is 8.20. The van der Waals surface area contributed by atoms with E-state index in [9.17, 15) is 19.5 Å². The lowest BCUT2D eigenvalue weighted by Gasteiger charge is -2.22. The van der Waals surface area contributed by atoms with E-state index in [0.29, 0.717) is 5.56 Å². The van der Waals surface area contributed by atoms with E-state index in [1.165, 1.54) is 12.5 Å². The van der Waals surface area contributed by atoms with Gasteiger partial charge in [0.15, 0.2) is 0 Å². The second kappa shape index (κ2) is 7.90. The molecule has 0 radical (unpaired) electrons. The van der Waals surface area contributed by atoms with Crippen molar-refractivity contribution in [3.05, 3.63) is 48.0 Å². The summed E-state index contributed by atoms with van der Waals surface area (Å²) in [5, 5.41) is 11.7. The lowest BCUT2D eigenvalue weighted by molar-refractivity contribution is -0.139. The summed E-state index contributed by atoms with van der Waals surface area (Å²) >= 11 is 0. The number of aromatic nitrogens is 2. The second-order valence-electron chi connectivity index (χ2n) is 6.94. The van der Waals surface area contributed by atoms with Crippen LogP contribution in [0.15, 0.2) is 36.8 Å². The molecular weight excluding hydrogens is 352 g/mol. The second-order valence-corrected chi connectivity index (χ2v) is 6.94. The van der Waals surface area contributed by atoms with Crippen molar-refractivity contribution in [1.82, 2.24) is 14.9 Å². The molecule has 1 unspecified atom stereocenters. The number of amides is 2. The molecule has 0 aliphatic carbocycles. The van der Waals surface area contributed by atoms with Crippen LogP contribution in [0, 0.1) is 0 Å². The van der Waals surface area contributed by atoms with Gasteiger partial charge < -0.3 is 25.5 Å². The van der Waals surface area contributed by atoms with Crippen LogP contribution in [0.3, 0.4) is 0 Å². The number of ether oxygens (including phenoxy) is 1. The number of nitrogens with one attached hydrogen (secondary N) is 1. The normalized spacial score (nSPS) is 12.3. The van der Waals surface area contributed by atoms with Gasteiger partial charge in [-0.3, -0.25) is 4.79 Å². The number of benzene rings is 1. The van der Waals surface area contributed by atoms with Crippen LogP contribution in [0.5, 0.6) is 0 Å². The lowest BCUT2D eigenvalue weighted by Crippen LogP contribution is -2.44. The maximum absolute atomic E-state index is 11.8. The smallest absolute Gasteiger partial charge is 0.408 e. The van der Waals surface area contributed by atoms with Gasteiger partial charge in [0, 0.05) is 18.3 Å². The molecule has 1 heterocycles. The number of hydrogen-bond acceptors (Lipinski definition) is 5. The summed E-state index contributed by atoms with van der Waals surface area (Å²) in [5.41, 5.74) is 6.03. The molecule has 0 fully saturated rings. The summed E-state index contributed by atoms with van der Waals surface area (Å²) in [5.74, 6) is -1.78. The molecule has 0 bridgehead atoms. The van der Waals surface area contributed by atoms with Crippen LogP contribution in [-0.2, 0) is 16.0 Å². The summed E-state index contributed by atoms with van der Waals surface area (Å²) in [6.07, 6.45) is 2.26. The van der Waals surface area contributed by atoms with Gasteiger partial charge in [-0.15, -0.1) is 0 Å². The van der Waals surface area contributed by atoms with Crippen LogP contribution in [0.4, 0.5) is 4.79 Å². The highest BCUT2D eigenvalue weighted by Crippen LogP contribution is 2.13. The van der Waals surface area contributed by atoms with E-state index in [-0.39, 0.29) is 12.1 Å². The van der Waals surface area contributed by atoms with Gasteiger partial charge >= 0.3 is 12.1 Å². The Balaban J connectivity index is 2.07. The highest BCUT2D eigenvalue weighted by atomic mass is 16.6. The number of alkyl carbamates (subject to hydrolysis) is 1. The Morgan fingerprint density at radius 1 is 1.26 bits per heavy atom. The molecule has 4 N–H and O–H groups in total. The number of carboxylic acids is 1. The average molecular weight is 374 g/mol. The van der Waals surface area contributed by atoms with Crippen molar-refractivity contribution in [3.8, 4) is 5.69 Å². The minimum Gasteiger partial charge on any atom is -0.480 e. The minimum atomic E-state index is -1.16. The van der Waals surface area contributed by atoms with E-state index >= 15 is 0 Å². The summed E-state index contributed by atoms with van der Waals surface area (Å²) in [4.78, 5) is 38.3. The predicted molar refractivity (Wildman–Crippen MR) is 96.6 cm³/mol. The van der Waals surface area contributed by atoms with Gasteiger partial charge in [0.25, 0.3) is 5.91 Å². The van der Waals surface area contributed by atoms with Crippen molar-refractivity contribution < 1.29 is 24.2 Å². The monoisotopic (exact) mass is 374 g/mol. The molecular formula is C18H22N4O5. The number of rotatable bonds is 6. The van der Waals surface area contributed by atoms with E-state index < -0.39 is 29.6 Å². The summed E-state index contributed by atoms with van der Waals surface area (Å²) in [6, 6.07) is 5.82. The Hall–Kier alpha value is -3.36. The molecule has 0 saturated heterocycles. The molecule has 2 aromatic rings. The number of nitrogens with zero attached hydrogens (tertiary/aromatic N) is 2. The molecule has 0 saturated carbocycles. The first-order chi connectivity index (χ1) is 12.5. The summed E-state index contributed by atoms with van der Waals surface area (Å²) in [6.45, 7) is 5.09. The van der Waals surface area contributed by atoms with E-state index in [4.69, 9.17) is 10.5 Å². The maximum atomic E-state index is 11.8. The van der Waals surface area contributed by atoms with Crippen molar-refractivity contribution >= 4 is 18.0 Å². The van der Waals surface area contributed by atoms with Gasteiger partial charge in [0.1, 0.15) is 23.7 Å². The third kappa shape index (κ3) is 5.84. The first kappa shape index (κ1) is 20.0. The number of primary amides is 1. The molecule has 2 amide bonds. The van der Waals surface area contributed by atoms with Crippen molar-refractivity contribution in [3.63, 3.8) is 0 Å². The number of nitrogens with two attached hydrogens (primary N) is 1. The van der Waals surface area contributed by atoms with Gasteiger partial charge in [0.05, 0.1) is 0 Å². The van der Waals surface area contributed by atoms with Crippen molar-refractivity contribution in [2.24, 2.45) is 5.73 Å². The van der Waals surface area contributed by atoms with E-state index in [1.807, 2.05) is 0 Å². The third-order valence-electron chi connectivity index (χ3n) is 3.50. The fraction of sp³-hybridized carbons (Fsp3) is 0.333. The molecule has 1 atom stereocenters. The number of aliphatic carboxylic acids is 1. The first-order valence-corrected chi connectivity index (χ1v) is 8.20. The van der Waals surface area contributed by atoms with E-state index in [2.05, 4.69) is 10.3 Å². The standard InChI is InChI=1S/C18H22N4O5/c1-18(2,3)27-17(26)21-13(16(24)25)8-11-4-6-12(7-5-11)22-9-14(15(19)23)20-10-22/h4-7,9-10,13H,8H2,1-3H3,(H2,19,23)(H,21,26)(H,24,25). The zero-order valence-corrected chi connectivity index (χ0v) is 15.3. The fourth-order valence-electron chi connectivity index (χ4n) is 2.28. The molecule has 1 aromatic carbocycles. The number of carboxylic acid groups (broad SMARTS) is 1. The van der Waals surface area contributed by atoms with Crippen molar-refractivity contribution in [1.29, 1.82) is 0 Å². The topological polar surface area (TPSA) is 137 Å². The largest absolute Gasteiger partial charge is 0.480 e. The maximum Gasteiger partial charge on any atom is 0.408 e. The molecule has 9 heteroatoms.